The first-order chi connectivity index (χ1) is 18.7. The molecule has 1 unspecified atom stereocenters. The largest absolute Gasteiger partial charge is 0.462 e. The first kappa shape index (κ1) is 32.5. The van der Waals surface area contributed by atoms with E-state index in [2.05, 4.69) is 5.32 Å². The van der Waals surface area contributed by atoms with Crippen LogP contribution in [0.15, 0.2) is 30.3 Å². The molecule has 40 heavy (non-hydrogen) atoms. The third-order valence-electron chi connectivity index (χ3n) is 5.51. The molecular weight excluding hydrogens is 554 g/mol. The lowest BCUT2D eigenvalue weighted by atomic mass is 9.89. The van der Waals surface area contributed by atoms with Gasteiger partial charge in [-0.05, 0) is 5.56 Å². The number of nitrogens with one attached hydrogen (secondary N) is 1. The van der Waals surface area contributed by atoms with Crippen LogP contribution in [-0.4, -0.2) is 77.9 Å². The average molecular weight is 586 g/mol. The molecule has 0 aromatic heterocycles. The van der Waals surface area contributed by atoms with E-state index in [9.17, 15) is 28.8 Å². The van der Waals surface area contributed by atoms with E-state index in [0.29, 0.717) is 5.56 Å². The highest BCUT2D eigenvalue weighted by Crippen LogP contribution is 2.38. The second-order valence-electron chi connectivity index (χ2n) is 8.98. The van der Waals surface area contributed by atoms with Crippen molar-refractivity contribution in [2.75, 3.05) is 6.61 Å². The van der Waals surface area contributed by atoms with E-state index in [1.54, 1.807) is 30.3 Å². The highest BCUT2D eigenvalue weighted by molar-refractivity contribution is 6.32. The van der Waals surface area contributed by atoms with Gasteiger partial charge in [0.25, 0.3) is 0 Å². The average Bonchev–Trinajstić information content (AvgIpc) is 2.85. The number of rotatable bonds is 11. The van der Waals surface area contributed by atoms with Crippen molar-refractivity contribution in [2.45, 2.75) is 83.2 Å². The summed E-state index contributed by atoms with van der Waals surface area (Å²) < 4.78 is 32.4. The van der Waals surface area contributed by atoms with Crippen LogP contribution in [0.4, 0.5) is 0 Å². The van der Waals surface area contributed by atoms with Crippen LogP contribution in [0.1, 0.15) is 46.6 Å². The Morgan fingerprint density at radius 3 is 2.08 bits per heavy atom. The van der Waals surface area contributed by atoms with Gasteiger partial charge >= 0.3 is 29.8 Å². The number of carbonyl (C=O) groups is 6. The molecule has 0 aliphatic carbocycles. The molecule has 2 rings (SSSR count). The van der Waals surface area contributed by atoms with Crippen molar-refractivity contribution >= 4 is 47.4 Å². The van der Waals surface area contributed by atoms with Crippen LogP contribution in [0.5, 0.6) is 0 Å². The van der Waals surface area contributed by atoms with Crippen molar-refractivity contribution in [3.63, 3.8) is 0 Å². The van der Waals surface area contributed by atoms with Gasteiger partial charge in [-0.15, -0.1) is 0 Å². The van der Waals surface area contributed by atoms with Gasteiger partial charge in [0.15, 0.2) is 12.2 Å². The number of alkyl halides is 1. The second kappa shape index (κ2) is 14.6. The third kappa shape index (κ3) is 9.79. The molecule has 220 valence electrons. The van der Waals surface area contributed by atoms with Crippen LogP contribution in [0.2, 0.25) is 0 Å². The number of amides is 1. The minimum Gasteiger partial charge on any atom is -0.462 e. The van der Waals surface area contributed by atoms with Crippen molar-refractivity contribution in [1.29, 1.82) is 0 Å². The van der Waals surface area contributed by atoms with Gasteiger partial charge in [0, 0.05) is 41.0 Å². The number of benzene rings is 1. The van der Waals surface area contributed by atoms with Crippen LogP contribution in [0, 0.1) is 0 Å². The molecule has 1 saturated heterocycles. The summed E-state index contributed by atoms with van der Waals surface area (Å²) in [6.07, 6.45) is -6.45. The number of ether oxygens (including phenoxy) is 6. The Bertz CT molecular complexity index is 1100. The maximum absolute atomic E-state index is 13.2. The van der Waals surface area contributed by atoms with Crippen molar-refractivity contribution in [1.82, 2.24) is 5.32 Å². The summed E-state index contributed by atoms with van der Waals surface area (Å²) in [5.74, 6) is -4.90. The molecule has 0 spiro atoms. The molecule has 14 heteroatoms. The third-order valence-corrected chi connectivity index (χ3v) is 5.90. The summed E-state index contributed by atoms with van der Waals surface area (Å²) in [5, 5.41) is 0.247. The molecular formula is C26H32ClNO12. The van der Waals surface area contributed by atoms with Gasteiger partial charge in [-0.1, -0.05) is 41.9 Å². The number of esters is 5. The Morgan fingerprint density at radius 2 is 1.55 bits per heavy atom. The topological polar surface area (TPSA) is 170 Å². The van der Waals surface area contributed by atoms with Crippen LogP contribution >= 0.6 is 11.6 Å². The van der Waals surface area contributed by atoms with Crippen LogP contribution in [0.3, 0.4) is 0 Å². The lowest BCUT2D eigenvalue weighted by Gasteiger charge is -2.46. The Morgan fingerprint density at radius 1 is 0.925 bits per heavy atom. The quantitative estimate of drug-likeness (QED) is 0.225. The molecule has 1 aliphatic heterocycles. The van der Waals surface area contributed by atoms with Crippen LogP contribution < -0.4 is 5.32 Å². The normalized spacial score (nSPS) is 23.5. The molecule has 1 N–H and O–H groups in total. The Hall–Kier alpha value is -3.71. The zero-order valence-corrected chi connectivity index (χ0v) is 23.4. The second-order valence-corrected chi connectivity index (χ2v) is 9.59. The van der Waals surface area contributed by atoms with E-state index in [4.69, 9.17) is 40.0 Å². The molecule has 1 amide bonds. The molecule has 1 aromatic rings. The van der Waals surface area contributed by atoms with Gasteiger partial charge in [-0.3, -0.25) is 24.0 Å². The van der Waals surface area contributed by atoms with Crippen molar-refractivity contribution < 1.29 is 57.2 Å². The van der Waals surface area contributed by atoms with Gasteiger partial charge in [-0.2, -0.15) is 0 Å². The monoisotopic (exact) mass is 585 g/mol. The highest BCUT2D eigenvalue weighted by atomic mass is 35.5. The van der Waals surface area contributed by atoms with E-state index < -0.39 is 84.3 Å². The van der Waals surface area contributed by atoms with Gasteiger partial charge in [0.1, 0.15) is 25.4 Å². The minimum absolute atomic E-state index is 0.175. The summed E-state index contributed by atoms with van der Waals surface area (Å²) >= 11 is 6.65. The van der Waals surface area contributed by atoms with Gasteiger partial charge in [0.05, 0.1) is 6.04 Å². The molecule has 0 bridgehead atoms. The summed E-state index contributed by atoms with van der Waals surface area (Å²) in [6, 6.07) is 7.41. The van der Waals surface area contributed by atoms with Gasteiger partial charge < -0.3 is 33.7 Å². The van der Waals surface area contributed by atoms with Gasteiger partial charge in [-0.25, -0.2) is 4.79 Å². The maximum atomic E-state index is 13.2. The number of carbonyl (C=O) groups excluding carboxylic acids is 6. The summed E-state index contributed by atoms with van der Waals surface area (Å²) in [7, 11) is 0. The molecule has 13 nitrogen and oxygen atoms in total. The Labute approximate surface area is 235 Å². The molecule has 1 heterocycles. The summed E-state index contributed by atoms with van der Waals surface area (Å²) in [6.45, 7) is 4.72. The smallest absolute Gasteiger partial charge is 0.354 e. The van der Waals surface area contributed by atoms with Crippen molar-refractivity contribution in [3.8, 4) is 0 Å². The first-order valence-corrected chi connectivity index (χ1v) is 12.6. The molecule has 0 radical (unpaired) electrons. The number of hydrogen-bond acceptors (Lipinski definition) is 12. The van der Waals surface area contributed by atoms with E-state index >= 15 is 0 Å². The van der Waals surface area contributed by atoms with E-state index in [1.165, 1.54) is 6.92 Å². The fraction of sp³-hybridized carbons (Fsp3) is 0.538. The maximum Gasteiger partial charge on any atom is 0.354 e. The Balaban J connectivity index is 2.56. The van der Waals surface area contributed by atoms with E-state index in [1.807, 2.05) is 0 Å². The van der Waals surface area contributed by atoms with Crippen LogP contribution in [0.25, 0.3) is 0 Å². The van der Waals surface area contributed by atoms with Gasteiger partial charge in [0.2, 0.25) is 11.0 Å². The molecule has 1 fully saturated rings. The molecule has 6 atom stereocenters. The molecule has 1 aromatic carbocycles. The summed E-state index contributed by atoms with van der Waals surface area (Å²) in [4.78, 5) is 73.0. The minimum atomic E-state index is -2.31. The standard InChI is InChI=1S/C26H32ClNO12/c1-14(29)28-22-20(37-16(3)31)11-26(27,25(34)36-12-19-9-7-6-8-10-19)40-24(22)23(39-18(5)33)21(38-17(4)32)13-35-15(2)30/h6-10,20-24H,11-13H2,1-5H3,(H,28,29)/t20-,21+,22+,23+,24+,26?/m0/s1. The fourth-order valence-corrected chi connectivity index (χ4v) is 4.37. The summed E-state index contributed by atoms with van der Waals surface area (Å²) in [5.41, 5.74) is 0.644. The number of hydrogen-bond donors (Lipinski definition) is 1. The first-order valence-electron chi connectivity index (χ1n) is 12.2. The fourth-order valence-electron chi connectivity index (χ4n) is 4.06. The predicted molar refractivity (Wildman–Crippen MR) is 135 cm³/mol. The zero-order valence-electron chi connectivity index (χ0n) is 22.7. The number of halogens is 1. The SMILES string of the molecule is CC(=O)N[C@H]1[C@H]([C@H](OC(C)=O)[C@@H](COC(C)=O)OC(C)=O)OC(Cl)(C(=O)OCc2ccccc2)C[C@@H]1OC(C)=O. The van der Waals surface area contributed by atoms with Crippen LogP contribution in [-0.2, 0) is 63.8 Å². The molecule has 1 aliphatic rings. The molecule has 0 saturated carbocycles. The lowest BCUT2D eigenvalue weighted by Crippen LogP contribution is -2.67. The van der Waals surface area contributed by atoms with E-state index in [-0.39, 0.29) is 6.61 Å². The highest BCUT2D eigenvalue weighted by Gasteiger charge is 2.57. The lowest BCUT2D eigenvalue weighted by molar-refractivity contribution is -0.226. The predicted octanol–water partition coefficient (Wildman–Crippen LogP) is 1.32. The zero-order chi connectivity index (χ0) is 30.0. The van der Waals surface area contributed by atoms with Crippen molar-refractivity contribution in [3.05, 3.63) is 35.9 Å². The van der Waals surface area contributed by atoms with Crippen molar-refractivity contribution in [2.24, 2.45) is 0 Å². The van der Waals surface area contributed by atoms with E-state index in [0.717, 1.165) is 27.7 Å². The Kier molecular flexibility index (Phi) is 11.9.